The third kappa shape index (κ3) is 5.90. The average molecular weight is 186 g/mol. The van der Waals surface area contributed by atoms with Crippen LogP contribution < -0.4 is 0 Å². The van der Waals surface area contributed by atoms with E-state index in [0.717, 1.165) is 6.42 Å². The zero-order chi connectivity index (χ0) is 10.3. The van der Waals surface area contributed by atoms with Crippen molar-refractivity contribution >= 4 is 11.9 Å². The first-order valence-corrected chi connectivity index (χ1v) is 4.14. The van der Waals surface area contributed by atoms with Gasteiger partial charge >= 0.3 is 11.9 Å². The summed E-state index contributed by atoms with van der Waals surface area (Å²) < 4.78 is 4.65. The zero-order valence-corrected chi connectivity index (χ0v) is 7.71. The maximum atomic E-state index is 11.0. The molecule has 0 fully saturated rings. The Bertz CT molecular complexity index is 208. The topological polar surface area (TPSA) is 63.6 Å². The number of ether oxygens (including phenoxy) is 1. The molecular weight excluding hydrogens is 172 g/mol. The van der Waals surface area contributed by atoms with Gasteiger partial charge in [0, 0.05) is 5.57 Å². The third-order valence-electron chi connectivity index (χ3n) is 1.39. The largest absolute Gasteiger partial charge is 0.481 e. The van der Waals surface area contributed by atoms with Gasteiger partial charge in [0.2, 0.25) is 0 Å². The molecule has 0 radical (unpaired) electrons. The summed E-state index contributed by atoms with van der Waals surface area (Å²) in [5, 5.41) is 8.25. The van der Waals surface area contributed by atoms with Crippen molar-refractivity contribution in [3.63, 3.8) is 0 Å². The predicted octanol–water partition coefficient (Wildman–Crippen LogP) is 1.36. The molecule has 0 aliphatic rings. The molecule has 0 aromatic heterocycles. The number of rotatable bonds is 6. The second-order valence-corrected chi connectivity index (χ2v) is 2.63. The molecule has 0 bridgehead atoms. The summed E-state index contributed by atoms with van der Waals surface area (Å²) in [6.07, 6.45) is 1.25. The van der Waals surface area contributed by atoms with Gasteiger partial charge in [-0.05, 0) is 6.42 Å². The molecule has 0 rings (SSSR count). The number of carbonyl (C=O) groups is 2. The molecule has 0 aromatic carbocycles. The van der Waals surface area contributed by atoms with Gasteiger partial charge in [-0.15, -0.1) is 0 Å². The van der Waals surface area contributed by atoms with Crippen molar-refractivity contribution < 1.29 is 19.4 Å². The fourth-order valence-corrected chi connectivity index (χ4v) is 0.737. The Morgan fingerprint density at radius 1 is 1.38 bits per heavy atom. The van der Waals surface area contributed by atoms with E-state index in [1.807, 2.05) is 6.92 Å². The second-order valence-electron chi connectivity index (χ2n) is 2.63. The van der Waals surface area contributed by atoms with Crippen LogP contribution in [-0.4, -0.2) is 23.7 Å². The molecule has 0 saturated carbocycles. The van der Waals surface area contributed by atoms with Crippen molar-refractivity contribution in [1.29, 1.82) is 0 Å². The Labute approximate surface area is 77.2 Å². The van der Waals surface area contributed by atoms with E-state index < -0.39 is 11.9 Å². The Morgan fingerprint density at radius 3 is 2.46 bits per heavy atom. The van der Waals surface area contributed by atoms with E-state index in [-0.39, 0.29) is 13.0 Å². The summed E-state index contributed by atoms with van der Waals surface area (Å²) in [6, 6.07) is 0. The van der Waals surface area contributed by atoms with Crippen molar-refractivity contribution in [1.82, 2.24) is 0 Å². The van der Waals surface area contributed by atoms with Crippen molar-refractivity contribution in [2.24, 2.45) is 0 Å². The van der Waals surface area contributed by atoms with Gasteiger partial charge in [-0.1, -0.05) is 19.9 Å². The average Bonchev–Trinajstić information content (AvgIpc) is 2.04. The maximum absolute atomic E-state index is 11.0. The minimum absolute atomic E-state index is 0.0864. The first kappa shape index (κ1) is 11.7. The van der Waals surface area contributed by atoms with Crippen LogP contribution in [0.15, 0.2) is 12.2 Å². The van der Waals surface area contributed by atoms with Gasteiger partial charge < -0.3 is 9.84 Å². The van der Waals surface area contributed by atoms with Gasteiger partial charge in [0.15, 0.2) is 0 Å². The lowest BCUT2D eigenvalue weighted by atomic mass is 10.2. The number of carbonyl (C=O) groups excluding carboxylic acids is 1. The minimum Gasteiger partial charge on any atom is -0.481 e. The normalized spacial score (nSPS) is 9.31. The van der Waals surface area contributed by atoms with E-state index in [1.54, 1.807) is 0 Å². The van der Waals surface area contributed by atoms with Crippen LogP contribution in [0.2, 0.25) is 0 Å². The molecule has 0 amide bonds. The summed E-state index contributed by atoms with van der Waals surface area (Å²) in [4.78, 5) is 21.1. The van der Waals surface area contributed by atoms with Gasteiger partial charge in [-0.25, -0.2) is 4.79 Å². The number of carboxylic acid groups (broad SMARTS) is 1. The number of carboxylic acids is 1. The quantitative estimate of drug-likeness (QED) is 0.502. The summed E-state index contributed by atoms with van der Waals surface area (Å²) in [7, 11) is 0. The molecule has 0 aliphatic carbocycles. The molecule has 4 heteroatoms. The fraction of sp³-hybridized carbons (Fsp3) is 0.556. The van der Waals surface area contributed by atoms with Crippen LogP contribution in [0.5, 0.6) is 0 Å². The fourth-order valence-electron chi connectivity index (χ4n) is 0.737. The molecule has 0 atom stereocenters. The summed E-state index contributed by atoms with van der Waals surface area (Å²) >= 11 is 0. The number of hydrogen-bond donors (Lipinski definition) is 1. The van der Waals surface area contributed by atoms with Crippen molar-refractivity contribution in [3.05, 3.63) is 12.2 Å². The lowest BCUT2D eigenvalue weighted by Crippen LogP contribution is -2.10. The van der Waals surface area contributed by atoms with Gasteiger partial charge in [0.25, 0.3) is 0 Å². The molecule has 0 heterocycles. The Hall–Kier alpha value is -1.32. The number of esters is 1. The predicted molar refractivity (Wildman–Crippen MR) is 47.3 cm³/mol. The van der Waals surface area contributed by atoms with Crippen LogP contribution >= 0.6 is 0 Å². The molecule has 13 heavy (non-hydrogen) atoms. The van der Waals surface area contributed by atoms with Crippen molar-refractivity contribution in [2.45, 2.75) is 26.2 Å². The summed E-state index contributed by atoms with van der Waals surface area (Å²) in [5.74, 6) is -1.47. The molecule has 0 spiro atoms. The Balaban J connectivity index is 3.62. The standard InChI is InChI=1S/C9H14O4/c1-3-4-7(2)9(12)13-6-5-8(10)11/h2-6H2,1H3,(H,10,11). The van der Waals surface area contributed by atoms with Gasteiger partial charge in [0.1, 0.15) is 6.61 Å². The van der Waals surface area contributed by atoms with Crippen molar-refractivity contribution in [2.75, 3.05) is 6.61 Å². The summed E-state index contributed by atoms with van der Waals surface area (Å²) in [5.41, 5.74) is 0.396. The van der Waals surface area contributed by atoms with Crippen LogP contribution in [0.1, 0.15) is 26.2 Å². The lowest BCUT2D eigenvalue weighted by molar-refractivity contribution is -0.143. The highest BCUT2D eigenvalue weighted by atomic mass is 16.5. The molecule has 1 N–H and O–H groups in total. The van der Waals surface area contributed by atoms with E-state index in [4.69, 9.17) is 5.11 Å². The van der Waals surface area contributed by atoms with Crippen LogP contribution in [0.3, 0.4) is 0 Å². The molecule has 4 nitrogen and oxygen atoms in total. The molecule has 0 unspecified atom stereocenters. The number of hydrogen-bond acceptors (Lipinski definition) is 3. The highest BCUT2D eigenvalue weighted by Gasteiger charge is 2.07. The van der Waals surface area contributed by atoms with Crippen LogP contribution in [-0.2, 0) is 14.3 Å². The minimum atomic E-state index is -0.978. The molecular formula is C9H14O4. The van der Waals surface area contributed by atoms with Crippen LogP contribution in [0, 0.1) is 0 Å². The van der Waals surface area contributed by atoms with Crippen LogP contribution in [0.25, 0.3) is 0 Å². The van der Waals surface area contributed by atoms with Crippen LogP contribution in [0.4, 0.5) is 0 Å². The Kier molecular flexibility index (Phi) is 5.59. The monoisotopic (exact) mass is 186 g/mol. The van der Waals surface area contributed by atoms with E-state index in [1.165, 1.54) is 0 Å². The van der Waals surface area contributed by atoms with E-state index in [0.29, 0.717) is 12.0 Å². The molecule has 0 aromatic rings. The molecule has 74 valence electrons. The van der Waals surface area contributed by atoms with E-state index >= 15 is 0 Å². The lowest BCUT2D eigenvalue weighted by Gasteiger charge is -2.03. The summed E-state index contributed by atoms with van der Waals surface area (Å²) in [6.45, 7) is 5.36. The number of aliphatic carboxylic acids is 1. The van der Waals surface area contributed by atoms with E-state index in [9.17, 15) is 9.59 Å². The SMILES string of the molecule is C=C(CCC)C(=O)OCCC(=O)O. The molecule has 0 saturated heterocycles. The van der Waals surface area contributed by atoms with E-state index in [2.05, 4.69) is 11.3 Å². The molecule has 0 aliphatic heterocycles. The van der Waals surface area contributed by atoms with Gasteiger partial charge in [-0.2, -0.15) is 0 Å². The highest BCUT2D eigenvalue weighted by molar-refractivity contribution is 5.87. The Morgan fingerprint density at radius 2 is 2.00 bits per heavy atom. The first-order chi connectivity index (χ1) is 6.07. The van der Waals surface area contributed by atoms with Crippen molar-refractivity contribution in [3.8, 4) is 0 Å². The smallest absolute Gasteiger partial charge is 0.333 e. The first-order valence-electron chi connectivity index (χ1n) is 4.14. The third-order valence-corrected chi connectivity index (χ3v) is 1.39. The van der Waals surface area contributed by atoms with Gasteiger partial charge in [0.05, 0.1) is 6.42 Å². The highest BCUT2D eigenvalue weighted by Crippen LogP contribution is 2.03. The van der Waals surface area contributed by atoms with Gasteiger partial charge in [-0.3, -0.25) is 4.79 Å². The second kappa shape index (κ2) is 6.22. The zero-order valence-electron chi connectivity index (χ0n) is 7.71. The maximum Gasteiger partial charge on any atom is 0.333 e.